The lowest BCUT2D eigenvalue weighted by Crippen LogP contribution is -1.93. The lowest BCUT2D eigenvalue weighted by Gasteiger charge is -2.10. The van der Waals surface area contributed by atoms with E-state index in [0.717, 1.165) is 6.42 Å². The summed E-state index contributed by atoms with van der Waals surface area (Å²) in [6.07, 6.45) is 0.924. The van der Waals surface area contributed by atoms with E-state index in [4.69, 9.17) is 0 Å². The molecule has 0 saturated carbocycles. The lowest BCUT2D eigenvalue weighted by atomic mass is 9.97. The van der Waals surface area contributed by atoms with Crippen molar-refractivity contribution in [1.82, 2.24) is 4.57 Å². The maximum Gasteiger partial charge on any atom is 0.0541 e. The molecular weight excluding hydrogens is 458 g/mol. The molecule has 0 radical (unpaired) electrons. The molecule has 6 aromatic carbocycles. The Morgan fingerprint density at radius 1 is 0.368 bits per heavy atom. The molecule has 1 nitrogen and oxygen atoms in total. The van der Waals surface area contributed by atoms with Crippen LogP contribution in [0.5, 0.6) is 0 Å². The minimum absolute atomic E-state index is 0.924. The van der Waals surface area contributed by atoms with Gasteiger partial charge >= 0.3 is 0 Å². The second kappa shape index (κ2) is 9.53. The van der Waals surface area contributed by atoms with Gasteiger partial charge in [-0.1, -0.05) is 127 Å². The molecule has 1 heteroatoms. The predicted molar refractivity (Wildman–Crippen MR) is 161 cm³/mol. The smallest absolute Gasteiger partial charge is 0.0541 e. The fraction of sp³-hybridized carbons (Fsp3) is 0.0270. The number of benzene rings is 6. The van der Waals surface area contributed by atoms with Crippen LogP contribution in [-0.4, -0.2) is 4.57 Å². The normalized spacial score (nSPS) is 11.3. The molecule has 0 bridgehead atoms. The van der Waals surface area contributed by atoms with E-state index in [1.54, 1.807) is 0 Å². The van der Waals surface area contributed by atoms with Gasteiger partial charge in [0, 0.05) is 16.5 Å². The van der Waals surface area contributed by atoms with Crippen molar-refractivity contribution in [3.63, 3.8) is 0 Å². The molecule has 0 aliphatic heterocycles. The first-order valence-corrected chi connectivity index (χ1v) is 13.2. The van der Waals surface area contributed by atoms with Crippen molar-refractivity contribution >= 4 is 21.8 Å². The predicted octanol–water partition coefficient (Wildman–Crippen LogP) is 9.71. The van der Waals surface area contributed by atoms with Crippen LogP contribution >= 0.6 is 0 Å². The fourth-order valence-corrected chi connectivity index (χ4v) is 5.55. The molecule has 38 heavy (non-hydrogen) atoms. The highest BCUT2D eigenvalue weighted by Crippen LogP contribution is 2.32. The van der Waals surface area contributed by atoms with Crippen molar-refractivity contribution in [1.29, 1.82) is 0 Å². The van der Waals surface area contributed by atoms with Gasteiger partial charge in [0.1, 0.15) is 0 Å². The molecule has 1 aromatic heterocycles. The molecular formula is C37H27N. The zero-order valence-corrected chi connectivity index (χ0v) is 21.1. The molecule has 1 heterocycles. The SMILES string of the molecule is c1ccc(-c2cccc(Cc3ccc(-c4ccc(-n5c6ccccc6c6ccccc65)cc4)cc3)c2)cc1. The molecule has 0 atom stereocenters. The summed E-state index contributed by atoms with van der Waals surface area (Å²) in [6, 6.07) is 54.7. The van der Waals surface area contributed by atoms with Gasteiger partial charge in [0.2, 0.25) is 0 Å². The van der Waals surface area contributed by atoms with Crippen molar-refractivity contribution in [2.45, 2.75) is 6.42 Å². The van der Waals surface area contributed by atoms with Gasteiger partial charge in [-0.05, 0) is 64.1 Å². The highest BCUT2D eigenvalue weighted by molar-refractivity contribution is 6.09. The van der Waals surface area contributed by atoms with Crippen LogP contribution in [-0.2, 0) is 6.42 Å². The molecule has 0 fully saturated rings. The van der Waals surface area contributed by atoms with Gasteiger partial charge in [-0.15, -0.1) is 0 Å². The van der Waals surface area contributed by atoms with Gasteiger partial charge in [0.25, 0.3) is 0 Å². The van der Waals surface area contributed by atoms with E-state index >= 15 is 0 Å². The number of para-hydroxylation sites is 2. The molecule has 0 spiro atoms. The van der Waals surface area contributed by atoms with Crippen LogP contribution in [0.4, 0.5) is 0 Å². The quantitative estimate of drug-likeness (QED) is 0.229. The van der Waals surface area contributed by atoms with Gasteiger partial charge < -0.3 is 4.57 Å². The van der Waals surface area contributed by atoms with Crippen LogP contribution in [0.3, 0.4) is 0 Å². The molecule has 0 saturated heterocycles. The molecule has 7 rings (SSSR count). The third kappa shape index (κ3) is 4.09. The van der Waals surface area contributed by atoms with Crippen molar-refractivity contribution in [3.05, 3.63) is 163 Å². The molecule has 0 unspecified atom stereocenters. The molecule has 7 aromatic rings. The van der Waals surface area contributed by atoms with E-state index in [9.17, 15) is 0 Å². The molecule has 0 amide bonds. The zero-order valence-electron chi connectivity index (χ0n) is 21.1. The average Bonchev–Trinajstić information content (AvgIpc) is 3.33. The number of aromatic nitrogens is 1. The molecule has 0 N–H and O–H groups in total. The molecule has 0 aliphatic carbocycles. The third-order valence-electron chi connectivity index (χ3n) is 7.44. The summed E-state index contributed by atoms with van der Waals surface area (Å²) in [6.45, 7) is 0. The maximum atomic E-state index is 2.36. The maximum absolute atomic E-state index is 2.36. The second-order valence-corrected chi connectivity index (χ2v) is 9.86. The Bertz CT molecular complexity index is 1800. The highest BCUT2D eigenvalue weighted by atomic mass is 15.0. The second-order valence-electron chi connectivity index (χ2n) is 9.86. The van der Waals surface area contributed by atoms with Crippen molar-refractivity contribution in [2.75, 3.05) is 0 Å². The van der Waals surface area contributed by atoms with Gasteiger partial charge in [-0.3, -0.25) is 0 Å². The fourth-order valence-electron chi connectivity index (χ4n) is 5.55. The van der Waals surface area contributed by atoms with Crippen LogP contribution in [0, 0.1) is 0 Å². The van der Waals surface area contributed by atoms with Crippen LogP contribution in [0.15, 0.2) is 152 Å². The summed E-state index contributed by atoms with van der Waals surface area (Å²) in [5.74, 6) is 0. The Labute approximate surface area is 223 Å². The Balaban J connectivity index is 1.15. The minimum atomic E-state index is 0.924. The highest BCUT2D eigenvalue weighted by Gasteiger charge is 2.11. The van der Waals surface area contributed by atoms with E-state index in [1.807, 2.05) is 0 Å². The van der Waals surface area contributed by atoms with Crippen molar-refractivity contribution in [3.8, 4) is 27.9 Å². The number of fused-ring (bicyclic) bond motifs is 3. The van der Waals surface area contributed by atoms with Gasteiger partial charge in [-0.25, -0.2) is 0 Å². The van der Waals surface area contributed by atoms with Crippen LogP contribution in [0.1, 0.15) is 11.1 Å². The standard InChI is InChI=1S/C37H27N/c1-2-10-29(11-3-1)32-12-8-9-28(26-32)25-27-17-19-30(20-18-27)31-21-23-33(24-22-31)38-36-15-6-4-13-34(36)35-14-5-7-16-37(35)38/h1-24,26H,25H2. The van der Waals surface area contributed by atoms with Crippen LogP contribution in [0.25, 0.3) is 49.7 Å². The first-order valence-electron chi connectivity index (χ1n) is 13.2. The van der Waals surface area contributed by atoms with Gasteiger partial charge in [-0.2, -0.15) is 0 Å². The summed E-state index contributed by atoms with van der Waals surface area (Å²) >= 11 is 0. The van der Waals surface area contributed by atoms with Gasteiger partial charge in [0.15, 0.2) is 0 Å². The average molecular weight is 486 g/mol. The Morgan fingerprint density at radius 3 is 1.55 bits per heavy atom. The van der Waals surface area contributed by atoms with Crippen molar-refractivity contribution in [2.24, 2.45) is 0 Å². The summed E-state index contributed by atoms with van der Waals surface area (Å²) < 4.78 is 2.36. The van der Waals surface area contributed by atoms with Crippen LogP contribution in [0.2, 0.25) is 0 Å². The largest absolute Gasteiger partial charge is 0.309 e. The first kappa shape index (κ1) is 22.3. The Morgan fingerprint density at radius 2 is 0.895 bits per heavy atom. The Hall–Kier alpha value is -4.88. The first-order chi connectivity index (χ1) is 18.8. The summed E-state index contributed by atoms with van der Waals surface area (Å²) in [5.41, 5.74) is 11.3. The zero-order chi connectivity index (χ0) is 25.3. The number of nitrogens with zero attached hydrogens (tertiary/aromatic N) is 1. The van der Waals surface area contributed by atoms with Crippen LogP contribution < -0.4 is 0 Å². The summed E-state index contributed by atoms with van der Waals surface area (Å²) in [5, 5.41) is 2.58. The monoisotopic (exact) mass is 485 g/mol. The molecule has 0 aliphatic rings. The topological polar surface area (TPSA) is 4.93 Å². The lowest BCUT2D eigenvalue weighted by molar-refractivity contribution is 1.18. The van der Waals surface area contributed by atoms with E-state index in [-0.39, 0.29) is 0 Å². The van der Waals surface area contributed by atoms with Gasteiger partial charge in [0.05, 0.1) is 11.0 Å². The van der Waals surface area contributed by atoms with E-state index in [2.05, 4.69) is 156 Å². The summed E-state index contributed by atoms with van der Waals surface area (Å²) in [4.78, 5) is 0. The third-order valence-corrected chi connectivity index (χ3v) is 7.44. The Kier molecular flexibility index (Phi) is 5.60. The number of rotatable bonds is 5. The van der Waals surface area contributed by atoms with Crippen molar-refractivity contribution < 1.29 is 0 Å². The number of hydrogen-bond donors (Lipinski definition) is 0. The van der Waals surface area contributed by atoms with E-state index < -0.39 is 0 Å². The molecule has 180 valence electrons. The number of hydrogen-bond acceptors (Lipinski definition) is 0. The van der Waals surface area contributed by atoms with E-state index in [0.29, 0.717) is 0 Å². The summed E-state index contributed by atoms with van der Waals surface area (Å²) in [7, 11) is 0. The minimum Gasteiger partial charge on any atom is -0.309 e. The van der Waals surface area contributed by atoms with E-state index in [1.165, 1.54) is 60.9 Å².